The summed E-state index contributed by atoms with van der Waals surface area (Å²) in [5.74, 6) is -0.559. The Morgan fingerprint density at radius 2 is 1.06 bits per heavy atom. The SMILES string of the molecule is CCC(C)(C)C(=O)O.CCC(C)(C)C(=O)OC.CCC(C)(C)C(=O)OC1CCCO1.CCC(C)(C)C(=O)OCC1CO1.CCC(C)c1ccc2ccccc2c1.CCC(C)n1c2ccccc2c2ccccc21.CCC1(COC(=O)C(C)(C)CC)COC1. The van der Waals surface area contributed by atoms with E-state index < -0.39 is 11.4 Å². The number of hydrogen-bond donors (Lipinski definition) is 1. The fraction of sp³-hybridized carbons (Fsp3) is 0.635. The van der Waals surface area contributed by atoms with E-state index in [0.717, 1.165) is 71.2 Å². The largest absolute Gasteiger partial charge is 0.481 e. The van der Waals surface area contributed by atoms with Gasteiger partial charge in [-0.2, -0.15) is 0 Å². The van der Waals surface area contributed by atoms with Crippen molar-refractivity contribution >= 4 is 62.4 Å². The molecule has 0 spiro atoms. The molecule has 3 fully saturated rings. The molecular formula is C74H115NO13. The number of para-hydroxylation sites is 2. The Kier molecular flexibility index (Phi) is 32.7. The van der Waals surface area contributed by atoms with Gasteiger partial charge in [-0.15, -0.1) is 0 Å². The second-order valence-corrected chi connectivity index (χ2v) is 26.9. The number of epoxide rings is 1. The first-order valence-corrected chi connectivity index (χ1v) is 32.4. The number of benzene rings is 4. The van der Waals surface area contributed by atoms with Crippen LogP contribution in [0.2, 0.25) is 0 Å². The van der Waals surface area contributed by atoms with Crippen molar-refractivity contribution in [3.05, 3.63) is 96.6 Å². The minimum Gasteiger partial charge on any atom is -0.481 e. The van der Waals surface area contributed by atoms with Crippen molar-refractivity contribution in [3.63, 3.8) is 0 Å². The Balaban J connectivity index is 0.000000355. The summed E-state index contributed by atoms with van der Waals surface area (Å²) in [6.07, 6.45) is 8.98. The molecule has 1 aromatic heterocycles. The third kappa shape index (κ3) is 24.5. The molecule has 3 aliphatic rings. The molecule has 4 heterocycles. The topological polar surface area (TPSA) is 178 Å². The number of carbonyl (C=O) groups is 5. The molecule has 0 bridgehead atoms. The van der Waals surface area contributed by atoms with Crippen LogP contribution in [0, 0.1) is 32.5 Å². The normalized spacial score (nSPS) is 16.6. The van der Waals surface area contributed by atoms with Crippen molar-refractivity contribution in [3.8, 4) is 0 Å². The van der Waals surface area contributed by atoms with Crippen LogP contribution in [0.25, 0.3) is 32.6 Å². The smallest absolute Gasteiger partial charge is 0.313 e. The first-order chi connectivity index (χ1) is 41.3. The predicted octanol–water partition coefficient (Wildman–Crippen LogP) is 18.1. The molecule has 0 saturated carbocycles. The van der Waals surface area contributed by atoms with E-state index in [1.54, 1.807) is 13.8 Å². The highest BCUT2D eigenvalue weighted by molar-refractivity contribution is 6.08. The number of methoxy groups -OCH3 is 1. The first kappa shape index (κ1) is 78.3. The van der Waals surface area contributed by atoms with Gasteiger partial charge in [0.1, 0.15) is 19.3 Å². The molecule has 4 unspecified atom stereocenters. The standard InChI is InChI=1S/C16H17N.C14H16.C12H22O3.C10H18O3.C9H16O3.C7H14O2.C6H12O2/c1-3-12(2)17-15-10-6-4-8-13(15)14-9-5-7-11-16(14)17;1-3-11(2)13-9-8-12-6-4-5-7-14(12)10-13;1-5-11(3,4)10(13)15-9-12(6-2)7-14-8-12;1-4-10(2,3)9(11)13-8-6-5-7-12-8;1-4-9(2,3)8(10)12-6-7-5-11-7;1-5-7(2,3)6(8)9-4;1-4-6(2,3)5(7)8/h4-12H,3H2,1-2H3;4-11H,3H2,1-2H3;5-9H2,1-4H3;8H,4-7H2,1-3H3;7H,4-6H2,1-3H3;5H2,1-4H3;4H2,1-3H3,(H,7,8). The van der Waals surface area contributed by atoms with Crippen molar-refractivity contribution in [1.82, 2.24) is 4.57 Å². The summed E-state index contributed by atoms with van der Waals surface area (Å²) in [4.78, 5) is 55.7. The van der Waals surface area contributed by atoms with E-state index >= 15 is 0 Å². The molecule has 5 aromatic rings. The Morgan fingerprint density at radius 1 is 0.591 bits per heavy atom. The summed E-state index contributed by atoms with van der Waals surface area (Å²) >= 11 is 0. The molecule has 3 aliphatic heterocycles. The molecule has 494 valence electrons. The Morgan fingerprint density at radius 3 is 1.44 bits per heavy atom. The van der Waals surface area contributed by atoms with Gasteiger partial charge in [0, 0.05) is 34.3 Å². The summed E-state index contributed by atoms with van der Waals surface area (Å²) in [6, 6.07) is 33.2. The second kappa shape index (κ2) is 36.7. The molecule has 8 rings (SSSR count). The van der Waals surface area contributed by atoms with Gasteiger partial charge in [0.25, 0.3) is 0 Å². The number of esters is 4. The van der Waals surface area contributed by atoms with Gasteiger partial charge in [0.15, 0.2) is 0 Å². The molecule has 4 atom stereocenters. The zero-order valence-corrected chi connectivity index (χ0v) is 58.1. The molecule has 14 heteroatoms. The van der Waals surface area contributed by atoms with E-state index in [1.807, 2.05) is 90.0 Å². The number of rotatable bonds is 20. The average Bonchev–Trinajstić information content (AvgIpc) is 2.73. The van der Waals surface area contributed by atoms with Crippen LogP contribution < -0.4 is 0 Å². The molecule has 14 nitrogen and oxygen atoms in total. The molecular weight excluding hydrogens is 1110 g/mol. The molecule has 88 heavy (non-hydrogen) atoms. The summed E-state index contributed by atoms with van der Waals surface area (Å²) in [6.45, 7) is 43.4. The van der Waals surface area contributed by atoms with E-state index in [1.165, 1.54) is 51.7 Å². The number of fused-ring (bicyclic) bond motifs is 4. The van der Waals surface area contributed by atoms with Crippen LogP contribution in [-0.4, -0.2) is 98.7 Å². The van der Waals surface area contributed by atoms with Gasteiger partial charge >= 0.3 is 29.8 Å². The van der Waals surface area contributed by atoms with Gasteiger partial charge in [-0.05, 0) is 168 Å². The molecule has 4 aromatic carbocycles. The number of aromatic nitrogens is 1. The Labute approximate surface area is 529 Å². The number of aliphatic carboxylic acids is 1. The lowest BCUT2D eigenvalue weighted by Crippen LogP contribution is -2.47. The molecule has 0 aliphatic carbocycles. The number of ether oxygens (including phenoxy) is 7. The van der Waals surface area contributed by atoms with Gasteiger partial charge in [0.05, 0.1) is 66.0 Å². The van der Waals surface area contributed by atoms with E-state index in [2.05, 4.69) is 135 Å². The minimum atomic E-state index is -0.722. The maximum absolute atomic E-state index is 11.7. The maximum atomic E-state index is 11.7. The maximum Gasteiger partial charge on any atom is 0.313 e. The van der Waals surface area contributed by atoms with Gasteiger partial charge in [0.2, 0.25) is 6.29 Å². The summed E-state index contributed by atoms with van der Waals surface area (Å²) < 4.78 is 38.0. The number of carboxylic acid groups (broad SMARTS) is 1. The van der Waals surface area contributed by atoms with Crippen molar-refractivity contribution in [2.45, 2.75) is 227 Å². The molecule has 0 radical (unpaired) electrons. The van der Waals surface area contributed by atoms with E-state index in [0.29, 0.717) is 38.2 Å². The monoisotopic (exact) mass is 1230 g/mol. The lowest BCUT2D eigenvalue weighted by molar-refractivity contribution is -0.180. The van der Waals surface area contributed by atoms with E-state index in [4.69, 9.17) is 33.5 Å². The van der Waals surface area contributed by atoms with Gasteiger partial charge in [-0.1, -0.05) is 141 Å². The Hall–Kier alpha value is -5.83. The fourth-order valence-electron chi connectivity index (χ4n) is 8.01. The van der Waals surface area contributed by atoms with Gasteiger partial charge < -0.3 is 42.8 Å². The van der Waals surface area contributed by atoms with Gasteiger partial charge in [-0.25, -0.2) is 0 Å². The van der Waals surface area contributed by atoms with Crippen molar-refractivity contribution in [2.24, 2.45) is 32.5 Å². The highest BCUT2D eigenvalue weighted by Gasteiger charge is 2.40. The lowest BCUT2D eigenvalue weighted by atomic mass is 9.84. The van der Waals surface area contributed by atoms with Crippen LogP contribution in [0.15, 0.2) is 91.0 Å². The lowest BCUT2D eigenvalue weighted by Gasteiger charge is -2.40. The predicted molar refractivity (Wildman–Crippen MR) is 357 cm³/mol. The van der Waals surface area contributed by atoms with E-state index in [-0.39, 0.29) is 63.3 Å². The van der Waals surface area contributed by atoms with Gasteiger partial charge in [-0.3, -0.25) is 24.0 Å². The van der Waals surface area contributed by atoms with Crippen molar-refractivity contribution in [2.75, 3.05) is 46.8 Å². The van der Waals surface area contributed by atoms with Crippen LogP contribution in [0.5, 0.6) is 0 Å². The number of carboxylic acids is 1. The molecule has 1 N–H and O–H groups in total. The fourth-order valence-corrected chi connectivity index (χ4v) is 8.01. The van der Waals surface area contributed by atoms with Crippen LogP contribution in [0.3, 0.4) is 0 Å². The first-order valence-electron chi connectivity index (χ1n) is 32.4. The highest BCUT2D eigenvalue weighted by Crippen LogP contribution is 2.35. The number of hydrogen-bond acceptors (Lipinski definition) is 12. The van der Waals surface area contributed by atoms with Crippen LogP contribution >= 0.6 is 0 Å². The molecule has 0 amide bonds. The third-order valence-corrected chi connectivity index (χ3v) is 18.0. The van der Waals surface area contributed by atoms with Crippen LogP contribution in [0.1, 0.15) is 220 Å². The number of carbonyl (C=O) groups excluding carboxylic acids is 4. The zero-order chi connectivity index (χ0) is 66.7. The summed E-state index contributed by atoms with van der Waals surface area (Å²) in [7, 11) is 1.42. The van der Waals surface area contributed by atoms with Crippen LogP contribution in [0.4, 0.5) is 0 Å². The summed E-state index contributed by atoms with van der Waals surface area (Å²) in [5, 5.41) is 13.9. The highest BCUT2D eigenvalue weighted by atomic mass is 16.7. The number of nitrogens with zero attached hydrogens (tertiary/aromatic N) is 1. The molecule has 3 saturated heterocycles. The van der Waals surface area contributed by atoms with Crippen molar-refractivity contribution in [1.29, 1.82) is 0 Å². The second-order valence-electron chi connectivity index (χ2n) is 26.9. The van der Waals surface area contributed by atoms with Crippen molar-refractivity contribution < 1.29 is 62.2 Å². The zero-order valence-electron chi connectivity index (χ0n) is 58.1. The average molecular weight is 1230 g/mol. The Bertz CT molecular complexity index is 2840. The van der Waals surface area contributed by atoms with Crippen LogP contribution in [-0.2, 0) is 57.1 Å². The minimum absolute atomic E-state index is 0.0928. The van der Waals surface area contributed by atoms with E-state index in [9.17, 15) is 24.0 Å². The summed E-state index contributed by atoms with van der Waals surface area (Å²) in [5.41, 5.74) is 2.30. The third-order valence-electron chi connectivity index (χ3n) is 18.0. The quantitative estimate of drug-likeness (QED) is 0.0442.